The maximum Gasteiger partial charge on any atom is 0.337 e. The highest BCUT2D eigenvalue weighted by atomic mass is 16.8. The van der Waals surface area contributed by atoms with E-state index in [1.807, 2.05) is 0 Å². The number of aliphatic hydroxyl groups is 3. The molecule has 2 heterocycles. The molecule has 0 bridgehead atoms. The van der Waals surface area contributed by atoms with E-state index in [4.69, 9.17) is 23.7 Å². The van der Waals surface area contributed by atoms with Gasteiger partial charge in [0.2, 0.25) is 6.29 Å². The van der Waals surface area contributed by atoms with Crippen LogP contribution in [0.2, 0.25) is 0 Å². The van der Waals surface area contributed by atoms with Crippen LogP contribution in [0.15, 0.2) is 41.7 Å². The molecule has 3 rings (SSSR count). The van der Waals surface area contributed by atoms with Crippen LogP contribution in [0.25, 0.3) is 0 Å². The summed E-state index contributed by atoms with van der Waals surface area (Å²) >= 11 is 0. The van der Waals surface area contributed by atoms with Crippen molar-refractivity contribution in [2.24, 2.45) is 5.92 Å². The van der Waals surface area contributed by atoms with Crippen molar-refractivity contribution in [3.8, 4) is 11.5 Å². The number of aromatic hydroxyl groups is 2. The lowest BCUT2D eigenvalue weighted by Crippen LogP contribution is -2.58. The van der Waals surface area contributed by atoms with Gasteiger partial charge in [0.15, 0.2) is 17.8 Å². The average molecular weight is 539 g/mol. The molecule has 0 spiro atoms. The Morgan fingerprint density at radius 1 is 1.08 bits per heavy atom. The SMILES string of the molecule is C/C=C1/C(OC2OC(CC)C(O)C(O)C2O)OC=C(C(=O)OC)C1CC(=O)OCCc1ccc(O)c(O)c1. The number of hydrogen-bond donors (Lipinski definition) is 5. The Kier molecular flexibility index (Phi) is 10.1. The maximum atomic E-state index is 12.7. The molecule has 2 aliphatic rings. The van der Waals surface area contributed by atoms with Gasteiger partial charge >= 0.3 is 11.9 Å². The lowest BCUT2D eigenvalue weighted by Gasteiger charge is -2.42. The van der Waals surface area contributed by atoms with E-state index in [2.05, 4.69) is 0 Å². The maximum absolute atomic E-state index is 12.7. The Bertz CT molecular complexity index is 1050. The summed E-state index contributed by atoms with van der Waals surface area (Å²) in [6, 6.07) is 4.27. The zero-order valence-electron chi connectivity index (χ0n) is 21.4. The highest BCUT2D eigenvalue weighted by Gasteiger charge is 2.46. The molecule has 7 atom stereocenters. The van der Waals surface area contributed by atoms with Crippen molar-refractivity contribution in [2.75, 3.05) is 13.7 Å². The smallest absolute Gasteiger partial charge is 0.337 e. The van der Waals surface area contributed by atoms with Crippen LogP contribution in [0.3, 0.4) is 0 Å². The number of esters is 2. The van der Waals surface area contributed by atoms with Gasteiger partial charge in [-0.05, 0) is 31.0 Å². The largest absolute Gasteiger partial charge is 0.504 e. The minimum absolute atomic E-state index is 0.0185. The van der Waals surface area contributed by atoms with Crippen molar-refractivity contribution in [1.82, 2.24) is 0 Å². The van der Waals surface area contributed by atoms with Crippen molar-refractivity contribution in [1.29, 1.82) is 0 Å². The quantitative estimate of drug-likeness (QED) is 0.170. The molecular weight excluding hydrogens is 504 g/mol. The van der Waals surface area contributed by atoms with E-state index < -0.39 is 54.9 Å². The van der Waals surface area contributed by atoms with Gasteiger partial charge in [0.25, 0.3) is 0 Å². The summed E-state index contributed by atoms with van der Waals surface area (Å²) < 4.78 is 27.2. The predicted molar refractivity (Wildman–Crippen MR) is 129 cm³/mol. The Morgan fingerprint density at radius 3 is 2.45 bits per heavy atom. The van der Waals surface area contributed by atoms with E-state index >= 15 is 0 Å². The second kappa shape index (κ2) is 13.1. The average Bonchev–Trinajstić information content (AvgIpc) is 2.90. The first-order valence-electron chi connectivity index (χ1n) is 12.2. The first-order valence-corrected chi connectivity index (χ1v) is 12.2. The standard InChI is InChI=1S/C26H34O12/c1-4-14-15(11-20(29)35-9-8-13-6-7-17(27)18(28)10-13)16(24(33)34-3)12-36-25(14)38-26-23(32)22(31)21(30)19(5-2)37-26/h4,6-7,10,12,15,19,21-23,25-28,30-32H,5,8-9,11H2,1-3H3/b14-4+. The summed E-state index contributed by atoms with van der Waals surface area (Å²) in [7, 11) is 1.19. The Labute approximate surface area is 219 Å². The van der Waals surface area contributed by atoms with Crippen molar-refractivity contribution in [3.05, 3.63) is 47.2 Å². The molecule has 210 valence electrons. The molecule has 0 radical (unpaired) electrons. The zero-order valence-corrected chi connectivity index (χ0v) is 21.4. The summed E-state index contributed by atoms with van der Waals surface area (Å²) in [4.78, 5) is 25.2. The minimum atomic E-state index is -1.58. The van der Waals surface area contributed by atoms with Crippen LogP contribution >= 0.6 is 0 Å². The number of aliphatic hydroxyl groups excluding tert-OH is 3. The summed E-state index contributed by atoms with van der Waals surface area (Å²) in [5, 5.41) is 49.7. The molecule has 0 aromatic heterocycles. The van der Waals surface area contributed by atoms with E-state index in [0.717, 1.165) is 6.26 Å². The molecule has 2 aliphatic heterocycles. The minimum Gasteiger partial charge on any atom is -0.504 e. The third-order valence-corrected chi connectivity index (χ3v) is 6.52. The van der Waals surface area contributed by atoms with Gasteiger partial charge in [-0.2, -0.15) is 0 Å². The van der Waals surface area contributed by atoms with Crippen molar-refractivity contribution in [2.45, 2.75) is 70.1 Å². The van der Waals surface area contributed by atoms with Crippen molar-refractivity contribution < 1.29 is 58.8 Å². The van der Waals surface area contributed by atoms with Crippen LogP contribution in [0, 0.1) is 5.92 Å². The molecule has 0 saturated carbocycles. The van der Waals surface area contributed by atoms with Crippen molar-refractivity contribution in [3.63, 3.8) is 0 Å². The van der Waals surface area contributed by atoms with Gasteiger partial charge in [-0.25, -0.2) is 4.79 Å². The van der Waals surface area contributed by atoms with E-state index in [1.165, 1.54) is 19.2 Å². The fourth-order valence-electron chi connectivity index (χ4n) is 4.34. The fourth-order valence-corrected chi connectivity index (χ4v) is 4.34. The van der Waals surface area contributed by atoms with Gasteiger partial charge in [0.1, 0.15) is 18.3 Å². The van der Waals surface area contributed by atoms with Gasteiger partial charge in [0.05, 0.1) is 38.1 Å². The van der Waals surface area contributed by atoms with E-state index in [0.29, 0.717) is 17.6 Å². The summed E-state index contributed by atoms with van der Waals surface area (Å²) in [6.45, 7) is 3.37. The monoisotopic (exact) mass is 538 g/mol. The van der Waals surface area contributed by atoms with Crippen molar-refractivity contribution >= 4 is 11.9 Å². The van der Waals surface area contributed by atoms with Gasteiger partial charge in [-0.15, -0.1) is 0 Å². The van der Waals surface area contributed by atoms with Gasteiger partial charge in [0, 0.05) is 17.9 Å². The number of allylic oxidation sites excluding steroid dienone is 1. The van der Waals surface area contributed by atoms with Crippen LogP contribution < -0.4 is 0 Å². The molecule has 1 saturated heterocycles. The highest BCUT2D eigenvalue weighted by Crippen LogP contribution is 2.36. The number of phenols is 2. The van der Waals surface area contributed by atoms with E-state index in [-0.39, 0.29) is 36.5 Å². The third-order valence-electron chi connectivity index (χ3n) is 6.52. The molecule has 12 nitrogen and oxygen atoms in total. The normalized spacial score (nSPS) is 30.3. The molecule has 12 heteroatoms. The third kappa shape index (κ3) is 6.63. The van der Waals surface area contributed by atoms with E-state index in [1.54, 1.807) is 26.0 Å². The second-order valence-electron chi connectivity index (χ2n) is 8.93. The highest BCUT2D eigenvalue weighted by molar-refractivity contribution is 5.90. The molecule has 0 aliphatic carbocycles. The lowest BCUT2D eigenvalue weighted by molar-refractivity contribution is -0.324. The van der Waals surface area contributed by atoms with Crippen LogP contribution in [-0.4, -0.2) is 88.2 Å². The molecule has 0 amide bonds. The summed E-state index contributed by atoms with van der Waals surface area (Å²) in [5.74, 6) is -2.75. The summed E-state index contributed by atoms with van der Waals surface area (Å²) in [6.07, 6.45) is -4.68. The Balaban J connectivity index is 1.71. The number of rotatable bonds is 9. The van der Waals surface area contributed by atoms with Crippen LogP contribution in [-0.2, 0) is 39.7 Å². The van der Waals surface area contributed by atoms with Gasteiger partial charge in [-0.3, -0.25) is 4.79 Å². The zero-order chi connectivity index (χ0) is 28.0. The molecule has 5 N–H and O–H groups in total. The molecule has 1 aromatic rings. The summed E-state index contributed by atoms with van der Waals surface area (Å²) in [5.41, 5.74) is 1.05. The lowest BCUT2D eigenvalue weighted by atomic mass is 9.86. The van der Waals surface area contributed by atoms with Crippen LogP contribution in [0.4, 0.5) is 0 Å². The number of carbonyl (C=O) groups excluding carboxylic acids is 2. The number of carbonyl (C=O) groups is 2. The predicted octanol–water partition coefficient (Wildman–Crippen LogP) is 0.783. The number of ether oxygens (including phenoxy) is 5. The number of hydrogen-bond acceptors (Lipinski definition) is 12. The topological polar surface area (TPSA) is 181 Å². The number of phenolic OH excluding ortho intramolecular Hbond substituents is 2. The van der Waals surface area contributed by atoms with Gasteiger partial charge < -0.3 is 49.2 Å². The van der Waals surface area contributed by atoms with E-state index in [9.17, 15) is 35.1 Å². The second-order valence-corrected chi connectivity index (χ2v) is 8.93. The number of methoxy groups -OCH3 is 1. The molecule has 38 heavy (non-hydrogen) atoms. The first-order chi connectivity index (χ1) is 18.1. The van der Waals surface area contributed by atoms with Crippen LogP contribution in [0.1, 0.15) is 32.3 Å². The first kappa shape index (κ1) is 29.4. The molecule has 1 aromatic carbocycles. The van der Waals surface area contributed by atoms with Gasteiger partial charge in [-0.1, -0.05) is 19.1 Å². The Hall–Kier alpha value is -3.16. The molecule has 1 fully saturated rings. The fraction of sp³-hybridized carbons (Fsp3) is 0.538. The molecule has 7 unspecified atom stereocenters. The Morgan fingerprint density at radius 2 is 1.82 bits per heavy atom. The van der Waals surface area contributed by atoms with Crippen LogP contribution in [0.5, 0.6) is 11.5 Å². The molecular formula is C26H34O12. The number of benzene rings is 1.